The van der Waals surface area contributed by atoms with Crippen molar-refractivity contribution in [2.45, 2.75) is 43.0 Å². The van der Waals surface area contributed by atoms with Gasteiger partial charge in [0.25, 0.3) is 0 Å². The van der Waals surface area contributed by atoms with Gasteiger partial charge in [0.15, 0.2) is 0 Å². The molecule has 154 valence electrons. The second kappa shape index (κ2) is 8.00. The number of rotatable bonds is 8. The van der Waals surface area contributed by atoms with Crippen molar-refractivity contribution < 1.29 is 22.7 Å². The number of benzene rings is 1. The lowest BCUT2D eigenvalue weighted by Crippen LogP contribution is -2.40. The number of amides is 1. The van der Waals surface area contributed by atoms with Gasteiger partial charge in [0.2, 0.25) is 15.9 Å². The van der Waals surface area contributed by atoms with Crippen molar-refractivity contribution in [3.05, 3.63) is 23.8 Å². The van der Waals surface area contributed by atoms with Crippen molar-refractivity contribution in [3.63, 3.8) is 0 Å². The van der Waals surface area contributed by atoms with Gasteiger partial charge in [-0.3, -0.25) is 4.79 Å². The van der Waals surface area contributed by atoms with Crippen LogP contribution in [0.3, 0.4) is 0 Å². The average Bonchev–Trinajstić information content (AvgIpc) is 3.60. The largest absolute Gasteiger partial charge is 0.495 e. The third-order valence-electron chi connectivity index (χ3n) is 5.77. The molecule has 0 atom stereocenters. The summed E-state index contributed by atoms with van der Waals surface area (Å²) < 4.78 is 38.1. The normalized spacial score (nSPS) is 20.9. The van der Waals surface area contributed by atoms with Crippen molar-refractivity contribution in [2.75, 3.05) is 33.4 Å². The van der Waals surface area contributed by atoms with Crippen LogP contribution >= 0.6 is 0 Å². The summed E-state index contributed by atoms with van der Waals surface area (Å²) in [7, 11) is -2.24. The lowest BCUT2D eigenvalue weighted by Gasteiger charge is -2.27. The van der Waals surface area contributed by atoms with Crippen molar-refractivity contribution in [2.24, 2.45) is 11.8 Å². The molecule has 1 saturated heterocycles. The van der Waals surface area contributed by atoms with Gasteiger partial charge in [0, 0.05) is 19.1 Å². The van der Waals surface area contributed by atoms with E-state index in [4.69, 9.17) is 9.47 Å². The minimum absolute atomic E-state index is 0.0383. The van der Waals surface area contributed by atoms with Crippen LogP contribution in [-0.4, -0.2) is 58.1 Å². The Morgan fingerprint density at radius 1 is 1.21 bits per heavy atom. The van der Waals surface area contributed by atoms with Gasteiger partial charge in [-0.15, -0.1) is 0 Å². The predicted octanol–water partition coefficient (Wildman–Crippen LogP) is 1.56. The summed E-state index contributed by atoms with van der Waals surface area (Å²) in [5.41, 5.74) is 0.676. The number of hydrogen-bond donors (Lipinski definition) is 1. The van der Waals surface area contributed by atoms with Crippen LogP contribution in [0.4, 0.5) is 0 Å². The van der Waals surface area contributed by atoms with E-state index in [1.54, 1.807) is 18.2 Å². The smallest absolute Gasteiger partial charge is 0.246 e. The maximum Gasteiger partial charge on any atom is 0.246 e. The van der Waals surface area contributed by atoms with Gasteiger partial charge < -0.3 is 14.8 Å². The minimum atomic E-state index is -3.70. The van der Waals surface area contributed by atoms with Crippen LogP contribution < -0.4 is 10.1 Å². The second-order valence-electron chi connectivity index (χ2n) is 7.95. The minimum Gasteiger partial charge on any atom is -0.495 e. The fourth-order valence-corrected chi connectivity index (χ4v) is 5.53. The van der Waals surface area contributed by atoms with E-state index < -0.39 is 10.0 Å². The van der Waals surface area contributed by atoms with Crippen LogP contribution in [0.25, 0.3) is 0 Å². The van der Waals surface area contributed by atoms with Crippen LogP contribution in [0.5, 0.6) is 5.75 Å². The van der Waals surface area contributed by atoms with Gasteiger partial charge in [0.1, 0.15) is 10.6 Å². The molecular formula is C20H28N2O5S. The van der Waals surface area contributed by atoms with E-state index in [2.05, 4.69) is 5.32 Å². The number of nitrogens with zero attached hydrogens (tertiary/aromatic N) is 1. The molecule has 1 amide bonds. The summed E-state index contributed by atoms with van der Waals surface area (Å²) in [4.78, 5) is 12.7. The quantitative estimate of drug-likeness (QED) is 0.706. The summed E-state index contributed by atoms with van der Waals surface area (Å²) in [6.45, 7) is 1.40. The zero-order valence-electron chi connectivity index (χ0n) is 16.2. The van der Waals surface area contributed by atoms with Crippen LogP contribution in [-0.2, 0) is 26.0 Å². The molecule has 4 rings (SSSR count). The summed E-state index contributed by atoms with van der Waals surface area (Å²) in [5, 5.41) is 3.19. The number of sulfonamides is 1. The zero-order valence-corrected chi connectivity index (χ0v) is 17.0. The molecule has 2 saturated carbocycles. The number of carbonyl (C=O) groups excluding carboxylic acids is 1. The Balaban J connectivity index is 1.50. The molecule has 3 fully saturated rings. The number of carbonyl (C=O) groups is 1. The molecule has 0 spiro atoms. The van der Waals surface area contributed by atoms with E-state index >= 15 is 0 Å². The number of ether oxygens (including phenoxy) is 2. The second-order valence-corrected chi connectivity index (χ2v) is 9.85. The number of hydrogen-bond acceptors (Lipinski definition) is 5. The van der Waals surface area contributed by atoms with Gasteiger partial charge in [-0.05, 0) is 55.2 Å². The number of methoxy groups -OCH3 is 1. The molecule has 8 heteroatoms. The highest BCUT2D eigenvalue weighted by Crippen LogP contribution is 2.44. The molecule has 0 bridgehead atoms. The van der Waals surface area contributed by atoms with Gasteiger partial charge in [-0.1, -0.05) is 6.07 Å². The first-order chi connectivity index (χ1) is 13.5. The molecule has 1 N–H and O–H groups in total. The third-order valence-corrected chi connectivity index (χ3v) is 7.69. The van der Waals surface area contributed by atoms with E-state index in [1.807, 2.05) is 0 Å². The fourth-order valence-electron chi connectivity index (χ4n) is 3.91. The van der Waals surface area contributed by atoms with E-state index in [0.29, 0.717) is 55.5 Å². The summed E-state index contributed by atoms with van der Waals surface area (Å²) in [5.74, 6) is 1.52. The molecule has 1 aromatic rings. The van der Waals surface area contributed by atoms with Crippen LogP contribution in [0.15, 0.2) is 23.1 Å². The Bertz CT molecular complexity index is 815. The monoisotopic (exact) mass is 408 g/mol. The third kappa shape index (κ3) is 4.34. The Labute approximate surface area is 166 Å². The Kier molecular flexibility index (Phi) is 5.62. The highest BCUT2D eigenvalue weighted by Gasteiger charge is 2.42. The van der Waals surface area contributed by atoms with Gasteiger partial charge in [-0.25, -0.2) is 8.42 Å². The van der Waals surface area contributed by atoms with Gasteiger partial charge in [-0.2, -0.15) is 4.31 Å². The lowest BCUT2D eigenvalue weighted by molar-refractivity contribution is -0.121. The molecule has 2 aliphatic carbocycles. The Morgan fingerprint density at radius 3 is 2.43 bits per heavy atom. The van der Waals surface area contributed by atoms with E-state index in [9.17, 15) is 13.2 Å². The first-order valence-electron chi connectivity index (χ1n) is 10.0. The molecule has 0 radical (unpaired) electrons. The SMILES string of the molecule is COc1ccc(CC(=O)NC(C2CC2)C2CC2)cc1S(=O)(=O)N1CCOCC1. The highest BCUT2D eigenvalue weighted by atomic mass is 32.2. The predicted molar refractivity (Wildman–Crippen MR) is 104 cm³/mol. The van der Waals surface area contributed by atoms with Crippen molar-refractivity contribution in [1.82, 2.24) is 9.62 Å². The molecule has 1 aliphatic heterocycles. The Hall–Kier alpha value is -1.64. The molecule has 0 unspecified atom stereocenters. The summed E-state index contributed by atoms with van der Waals surface area (Å²) in [6, 6.07) is 5.27. The average molecular weight is 409 g/mol. The van der Waals surface area contributed by atoms with Crippen LogP contribution in [0, 0.1) is 11.8 Å². The molecule has 1 heterocycles. The Morgan fingerprint density at radius 2 is 1.86 bits per heavy atom. The molecule has 0 aromatic heterocycles. The van der Waals surface area contributed by atoms with Gasteiger partial charge >= 0.3 is 0 Å². The topological polar surface area (TPSA) is 84.9 Å². The van der Waals surface area contributed by atoms with Crippen LogP contribution in [0.2, 0.25) is 0 Å². The molecule has 1 aromatic carbocycles. The van der Waals surface area contributed by atoms with E-state index in [0.717, 1.165) is 0 Å². The van der Waals surface area contributed by atoms with E-state index in [-0.39, 0.29) is 17.2 Å². The van der Waals surface area contributed by atoms with Crippen molar-refractivity contribution in [1.29, 1.82) is 0 Å². The maximum absolute atomic E-state index is 13.1. The van der Waals surface area contributed by atoms with E-state index in [1.165, 1.54) is 37.1 Å². The zero-order chi connectivity index (χ0) is 19.7. The van der Waals surface area contributed by atoms with Crippen LogP contribution in [0.1, 0.15) is 31.2 Å². The molecule has 28 heavy (non-hydrogen) atoms. The molecule has 7 nitrogen and oxygen atoms in total. The van der Waals surface area contributed by atoms with Gasteiger partial charge in [0.05, 0.1) is 26.7 Å². The first-order valence-corrected chi connectivity index (χ1v) is 11.5. The number of nitrogens with one attached hydrogen (secondary N) is 1. The summed E-state index contributed by atoms with van der Waals surface area (Å²) >= 11 is 0. The lowest BCUT2D eigenvalue weighted by atomic mass is 10.1. The fraction of sp³-hybridized carbons (Fsp3) is 0.650. The first kappa shape index (κ1) is 19.7. The number of morpholine rings is 1. The summed E-state index contributed by atoms with van der Waals surface area (Å²) in [6.07, 6.45) is 4.97. The standard InChI is InChI=1S/C20H28N2O5S/c1-26-17-7-2-14(12-18(17)28(24,25)22-8-10-27-11-9-22)13-19(23)21-20(15-3-4-15)16-5-6-16/h2,7,12,15-16,20H,3-6,8-11,13H2,1H3,(H,21,23). The molecule has 3 aliphatic rings. The molecular weight excluding hydrogens is 380 g/mol. The highest BCUT2D eigenvalue weighted by molar-refractivity contribution is 7.89. The maximum atomic E-state index is 13.1. The van der Waals surface area contributed by atoms with Crippen molar-refractivity contribution in [3.8, 4) is 5.75 Å². The van der Waals surface area contributed by atoms with Crippen molar-refractivity contribution >= 4 is 15.9 Å².